The molecule has 6 rings (SSSR count). The van der Waals surface area contributed by atoms with Crippen molar-refractivity contribution in [2.24, 2.45) is 0 Å². The second kappa shape index (κ2) is 9.08. The van der Waals surface area contributed by atoms with Gasteiger partial charge in [-0.05, 0) is 47.5 Å². The third-order valence-corrected chi connectivity index (χ3v) is 6.90. The van der Waals surface area contributed by atoms with Crippen LogP contribution in [0, 0.1) is 0 Å². The molecule has 0 spiro atoms. The van der Waals surface area contributed by atoms with Crippen LogP contribution in [-0.2, 0) is 0 Å². The summed E-state index contributed by atoms with van der Waals surface area (Å²) in [5, 5.41) is 7.02. The number of thiazole rings is 1. The Balaban J connectivity index is 1.50. The van der Waals surface area contributed by atoms with Crippen LogP contribution in [0.5, 0.6) is 11.5 Å². The van der Waals surface area contributed by atoms with Gasteiger partial charge in [-0.2, -0.15) is 0 Å². The van der Waals surface area contributed by atoms with E-state index in [0.29, 0.717) is 5.75 Å². The number of hydrogen-bond acceptors (Lipinski definition) is 4. The van der Waals surface area contributed by atoms with E-state index in [2.05, 4.69) is 16.7 Å². The predicted octanol–water partition coefficient (Wildman–Crippen LogP) is 7.01. The monoisotopic (exact) mass is 475 g/mol. The van der Waals surface area contributed by atoms with Crippen LogP contribution < -0.4 is 15.4 Å². The van der Waals surface area contributed by atoms with Gasteiger partial charge in [-0.25, -0.2) is 9.78 Å². The molecule has 0 radical (unpaired) electrons. The number of carbonyl (C=O) groups is 1. The molecule has 0 unspecified atom stereocenters. The summed E-state index contributed by atoms with van der Waals surface area (Å²) in [5.74, 6) is 1.46. The Hall–Kier alpha value is -4.42. The summed E-state index contributed by atoms with van der Waals surface area (Å²) in [5.41, 5.74) is 4.46. The number of benzene rings is 4. The summed E-state index contributed by atoms with van der Waals surface area (Å²) in [4.78, 5) is 17.8. The van der Waals surface area contributed by atoms with Crippen LogP contribution >= 0.6 is 11.3 Å². The lowest BCUT2D eigenvalue weighted by Gasteiger charge is -2.30. The molecule has 2 heterocycles. The molecule has 35 heavy (non-hydrogen) atoms. The quantitative estimate of drug-likeness (QED) is 0.287. The maximum atomic E-state index is 12.9. The SMILES string of the molecule is O=C1NC(c2ccccc2)=C(c2nc3ccccc3s2)[C@H](c2cccc(Oc3ccccc3)c2)N1. The first kappa shape index (κ1) is 21.1. The van der Waals surface area contributed by atoms with E-state index in [-0.39, 0.29) is 6.03 Å². The first-order valence-electron chi connectivity index (χ1n) is 11.3. The second-order valence-corrected chi connectivity index (χ2v) is 9.19. The zero-order chi connectivity index (χ0) is 23.6. The molecule has 1 atom stereocenters. The molecule has 2 amide bonds. The Morgan fingerprint density at radius 1 is 0.771 bits per heavy atom. The lowest BCUT2D eigenvalue weighted by atomic mass is 9.93. The third-order valence-electron chi connectivity index (χ3n) is 5.83. The van der Waals surface area contributed by atoms with Crippen LogP contribution in [0.1, 0.15) is 22.2 Å². The van der Waals surface area contributed by atoms with Gasteiger partial charge in [0.25, 0.3) is 0 Å². The van der Waals surface area contributed by atoms with Crippen molar-refractivity contribution in [3.8, 4) is 11.5 Å². The van der Waals surface area contributed by atoms with E-state index >= 15 is 0 Å². The zero-order valence-electron chi connectivity index (χ0n) is 18.6. The van der Waals surface area contributed by atoms with Gasteiger partial charge in [0.15, 0.2) is 0 Å². The minimum absolute atomic E-state index is 0.256. The number of aromatic nitrogens is 1. The molecular formula is C29H21N3O2S. The van der Waals surface area contributed by atoms with Crippen LogP contribution in [0.3, 0.4) is 0 Å². The van der Waals surface area contributed by atoms with E-state index < -0.39 is 6.04 Å². The van der Waals surface area contributed by atoms with Crippen LogP contribution in [0.25, 0.3) is 21.5 Å². The highest BCUT2D eigenvalue weighted by molar-refractivity contribution is 7.19. The number of carbonyl (C=O) groups excluding carboxylic acids is 1. The third kappa shape index (κ3) is 4.27. The van der Waals surface area contributed by atoms with Gasteiger partial charge in [0.2, 0.25) is 0 Å². The summed E-state index contributed by atoms with van der Waals surface area (Å²) in [6.45, 7) is 0. The number of hydrogen-bond donors (Lipinski definition) is 2. The van der Waals surface area contributed by atoms with Gasteiger partial charge in [-0.3, -0.25) is 0 Å². The smallest absolute Gasteiger partial charge is 0.320 e. The van der Waals surface area contributed by atoms with E-state index in [0.717, 1.165) is 43.4 Å². The number of urea groups is 1. The fraction of sp³-hybridized carbons (Fsp3) is 0.0345. The molecule has 4 aromatic carbocycles. The molecule has 1 aliphatic rings. The average molecular weight is 476 g/mol. The second-order valence-electron chi connectivity index (χ2n) is 8.16. The molecule has 0 fully saturated rings. The number of ether oxygens (including phenoxy) is 1. The molecule has 2 N–H and O–H groups in total. The Labute approximate surface area is 206 Å². The van der Waals surface area contributed by atoms with Gasteiger partial charge < -0.3 is 15.4 Å². The van der Waals surface area contributed by atoms with Gasteiger partial charge in [0, 0.05) is 5.57 Å². The fourth-order valence-electron chi connectivity index (χ4n) is 4.25. The summed E-state index contributed by atoms with van der Waals surface area (Å²) < 4.78 is 7.18. The van der Waals surface area contributed by atoms with E-state index in [1.54, 1.807) is 11.3 Å². The summed E-state index contributed by atoms with van der Waals surface area (Å²) >= 11 is 1.62. The standard InChI is InChI=1S/C29H21N3O2S/c33-29-31-26(19-10-3-1-4-11-19)25(28-30-23-16-7-8-17-24(23)35-28)27(32-29)20-12-9-15-22(18-20)34-21-13-5-2-6-14-21/h1-18,27H,(H2,31,32,33)/t27-/m0/s1. The molecule has 0 saturated carbocycles. The highest BCUT2D eigenvalue weighted by Gasteiger charge is 2.32. The number of nitrogens with one attached hydrogen (secondary N) is 2. The highest BCUT2D eigenvalue weighted by Crippen LogP contribution is 2.41. The van der Waals surface area contributed by atoms with Crippen LogP contribution in [0.2, 0.25) is 0 Å². The number of para-hydroxylation sites is 2. The Morgan fingerprint density at radius 2 is 1.49 bits per heavy atom. The van der Waals surface area contributed by atoms with Gasteiger partial charge in [0.1, 0.15) is 16.5 Å². The van der Waals surface area contributed by atoms with Gasteiger partial charge >= 0.3 is 6.03 Å². The van der Waals surface area contributed by atoms with Crippen molar-refractivity contribution in [1.82, 2.24) is 15.6 Å². The highest BCUT2D eigenvalue weighted by atomic mass is 32.1. The summed E-state index contributed by atoms with van der Waals surface area (Å²) in [7, 11) is 0. The number of rotatable bonds is 5. The van der Waals surface area contributed by atoms with Crippen molar-refractivity contribution >= 4 is 38.9 Å². The van der Waals surface area contributed by atoms with Crippen molar-refractivity contribution in [2.45, 2.75) is 6.04 Å². The zero-order valence-corrected chi connectivity index (χ0v) is 19.5. The molecule has 0 aliphatic carbocycles. The van der Waals surface area contributed by atoms with E-state index in [1.807, 2.05) is 103 Å². The number of nitrogens with zero attached hydrogens (tertiary/aromatic N) is 1. The Morgan fingerprint density at radius 3 is 2.29 bits per heavy atom. The van der Waals surface area contributed by atoms with Crippen molar-refractivity contribution in [1.29, 1.82) is 0 Å². The minimum Gasteiger partial charge on any atom is -0.457 e. The average Bonchev–Trinajstić information content (AvgIpc) is 3.33. The maximum Gasteiger partial charge on any atom is 0.320 e. The lowest BCUT2D eigenvalue weighted by Crippen LogP contribution is -2.42. The molecule has 1 aromatic heterocycles. The molecule has 170 valence electrons. The molecular weight excluding hydrogens is 454 g/mol. The summed E-state index contributed by atoms with van der Waals surface area (Å²) in [6.07, 6.45) is 0. The number of fused-ring (bicyclic) bond motifs is 1. The van der Waals surface area contributed by atoms with E-state index in [9.17, 15) is 4.79 Å². The number of amides is 2. The van der Waals surface area contributed by atoms with Crippen molar-refractivity contribution in [3.05, 3.63) is 125 Å². The van der Waals surface area contributed by atoms with Crippen molar-refractivity contribution < 1.29 is 9.53 Å². The lowest BCUT2D eigenvalue weighted by molar-refractivity contribution is 0.242. The molecule has 6 heteroatoms. The van der Waals surface area contributed by atoms with Gasteiger partial charge in [-0.1, -0.05) is 72.8 Å². The summed E-state index contributed by atoms with van der Waals surface area (Å²) in [6, 6.07) is 34.8. The first-order valence-corrected chi connectivity index (χ1v) is 12.1. The Kier molecular flexibility index (Phi) is 5.48. The normalized spacial score (nSPS) is 15.5. The van der Waals surface area contributed by atoms with Crippen LogP contribution in [0.15, 0.2) is 109 Å². The molecule has 0 bridgehead atoms. The van der Waals surface area contributed by atoms with E-state index in [4.69, 9.17) is 9.72 Å². The largest absolute Gasteiger partial charge is 0.457 e. The maximum absolute atomic E-state index is 12.9. The Bertz CT molecular complexity index is 1510. The molecule has 1 aliphatic heterocycles. The topological polar surface area (TPSA) is 63.2 Å². The van der Waals surface area contributed by atoms with Gasteiger partial charge in [0.05, 0.1) is 22.0 Å². The minimum atomic E-state index is -0.404. The van der Waals surface area contributed by atoms with Crippen LogP contribution in [0.4, 0.5) is 4.79 Å². The van der Waals surface area contributed by atoms with Crippen molar-refractivity contribution in [2.75, 3.05) is 0 Å². The van der Waals surface area contributed by atoms with Crippen molar-refractivity contribution in [3.63, 3.8) is 0 Å². The molecule has 5 nitrogen and oxygen atoms in total. The van der Waals surface area contributed by atoms with E-state index in [1.165, 1.54) is 0 Å². The molecule has 0 saturated heterocycles. The first-order chi connectivity index (χ1) is 17.2. The van der Waals surface area contributed by atoms with Crippen LogP contribution in [-0.4, -0.2) is 11.0 Å². The van der Waals surface area contributed by atoms with Gasteiger partial charge in [-0.15, -0.1) is 11.3 Å². The molecule has 5 aromatic rings. The fourth-order valence-corrected chi connectivity index (χ4v) is 5.29. The predicted molar refractivity (Wildman–Crippen MR) is 140 cm³/mol.